The lowest BCUT2D eigenvalue weighted by Crippen LogP contribution is -2.34. The van der Waals surface area contributed by atoms with E-state index in [-0.39, 0.29) is 17.3 Å². The van der Waals surface area contributed by atoms with Crippen molar-refractivity contribution < 1.29 is 19.1 Å². The Kier molecular flexibility index (Phi) is 4.16. The Morgan fingerprint density at radius 1 is 1.17 bits per heavy atom. The molecule has 0 atom stereocenters. The van der Waals surface area contributed by atoms with Gasteiger partial charge in [0.05, 0.1) is 23.1 Å². The molecule has 23 heavy (non-hydrogen) atoms. The van der Waals surface area contributed by atoms with Crippen LogP contribution in [0.15, 0.2) is 64.4 Å². The summed E-state index contributed by atoms with van der Waals surface area (Å²) < 4.78 is 13.0. The molecule has 1 heterocycles. The number of nitrogens with zero attached hydrogens (tertiary/aromatic N) is 1. The Morgan fingerprint density at radius 3 is 2.57 bits per heavy atom. The van der Waals surface area contributed by atoms with Gasteiger partial charge in [0.15, 0.2) is 0 Å². The van der Waals surface area contributed by atoms with Crippen molar-refractivity contribution in [1.82, 2.24) is 0 Å². The Morgan fingerprint density at radius 2 is 1.87 bits per heavy atom. The molecule has 6 heteroatoms. The molecule has 116 valence electrons. The zero-order chi connectivity index (χ0) is 16.4. The van der Waals surface area contributed by atoms with Crippen LogP contribution in [0.4, 0.5) is 10.1 Å². The second-order valence-corrected chi connectivity index (χ2v) is 6.00. The fraction of sp³-hybridized carbons (Fsp3) is 0.0588. The summed E-state index contributed by atoms with van der Waals surface area (Å²) in [5, 5.41) is 10.8. The van der Waals surface area contributed by atoms with Gasteiger partial charge in [0, 0.05) is 4.90 Å². The first kappa shape index (κ1) is 15.3. The first-order valence-electron chi connectivity index (χ1n) is 6.80. The quantitative estimate of drug-likeness (QED) is 0.810. The first-order chi connectivity index (χ1) is 11.0. The molecule has 0 spiro atoms. The number of carboxylic acid groups (broad SMARTS) is 1. The third-order valence-electron chi connectivity index (χ3n) is 3.33. The number of halogens is 1. The van der Waals surface area contributed by atoms with Gasteiger partial charge < -0.3 is 14.8 Å². The highest BCUT2D eigenvalue weighted by Crippen LogP contribution is 2.41. The first-order valence-corrected chi connectivity index (χ1v) is 7.62. The summed E-state index contributed by atoms with van der Waals surface area (Å²) in [6.07, 6.45) is 0.806. The van der Waals surface area contributed by atoms with Crippen molar-refractivity contribution in [2.24, 2.45) is 0 Å². The van der Waals surface area contributed by atoms with Crippen molar-refractivity contribution in [3.05, 3.63) is 70.9 Å². The van der Waals surface area contributed by atoms with Gasteiger partial charge in [-0.3, -0.25) is 4.79 Å². The predicted molar refractivity (Wildman–Crippen MR) is 83.0 cm³/mol. The number of aliphatic carboxylic acids is 1. The van der Waals surface area contributed by atoms with E-state index in [0.29, 0.717) is 5.69 Å². The molecule has 1 aliphatic heterocycles. The Bertz CT molecular complexity index is 802. The molecule has 0 N–H and O–H groups in total. The number of benzene rings is 2. The summed E-state index contributed by atoms with van der Waals surface area (Å²) in [6.45, 7) is 0.223. The van der Waals surface area contributed by atoms with Crippen molar-refractivity contribution in [3.63, 3.8) is 0 Å². The second-order valence-electron chi connectivity index (χ2n) is 4.92. The molecule has 0 fully saturated rings. The van der Waals surface area contributed by atoms with Crippen LogP contribution in [-0.2, 0) is 16.1 Å². The molecule has 0 aliphatic carbocycles. The molecule has 0 saturated carbocycles. The molecule has 0 bridgehead atoms. The van der Waals surface area contributed by atoms with E-state index in [9.17, 15) is 19.1 Å². The molecule has 2 aromatic rings. The number of carbonyl (C=O) groups is 2. The van der Waals surface area contributed by atoms with Crippen LogP contribution in [0.3, 0.4) is 0 Å². The number of fused-ring (bicyclic) bond motifs is 1. The van der Waals surface area contributed by atoms with E-state index in [4.69, 9.17) is 0 Å². The Balaban J connectivity index is 2.00. The van der Waals surface area contributed by atoms with Gasteiger partial charge in [0.25, 0.3) is 5.91 Å². The average Bonchev–Trinajstić information content (AvgIpc) is 2.53. The van der Waals surface area contributed by atoms with Crippen LogP contribution in [0.5, 0.6) is 0 Å². The summed E-state index contributed by atoms with van der Waals surface area (Å²) in [5.41, 5.74) is 1.44. The van der Waals surface area contributed by atoms with E-state index in [1.165, 1.54) is 17.0 Å². The fourth-order valence-electron chi connectivity index (χ4n) is 2.30. The Hall–Kier alpha value is -2.60. The topological polar surface area (TPSA) is 60.4 Å². The number of para-hydroxylation sites is 1. The van der Waals surface area contributed by atoms with E-state index in [1.54, 1.807) is 24.3 Å². The zero-order valence-corrected chi connectivity index (χ0v) is 12.7. The number of anilines is 1. The molecule has 1 amide bonds. The summed E-state index contributed by atoms with van der Waals surface area (Å²) in [4.78, 5) is 25.7. The molecule has 0 unspecified atom stereocenters. The van der Waals surface area contributed by atoms with Crippen LogP contribution in [0.25, 0.3) is 0 Å². The van der Waals surface area contributed by atoms with Gasteiger partial charge in [-0.25, -0.2) is 4.39 Å². The van der Waals surface area contributed by atoms with Crippen LogP contribution in [-0.4, -0.2) is 11.9 Å². The number of carboxylic acids is 1. The van der Waals surface area contributed by atoms with Crippen molar-refractivity contribution in [2.45, 2.75) is 11.4 Å². The maximum Gasteiger partial charge on any atom is 0.265 e. The maximum atomic E-state index is 13.0. The van der Waals surface area contributed by atoms with Crippen molar-refractivity contribution >= 4 is 29.3 Å². The molecule has 0 radical (unpaired) electrons. The molecule has 0 saturated heterocycles. The van der Waals surface area contributed by atoms with Crippen molar-refractivity contribution in [2.75, 3.05) is 4.90 Å². The maximum absolute atomic E-state index is 13.0. The molecule has 3 rings (SSSR count). The third-order valence-corrected chi connectivity index (χ3v) is 4.41. The van der Waals surface area contributed by atoms with Crippen LogP contribution in [0.2, 0.25) is 0 Å². The van der Waals surface area contributed by atoms with Gasteiger partial charge in [-0.15, -0.1) is 0 Å². The number of thioether (sulfide) groups is 1. The summed E-state index contributed by atoms with van der Waals surface area (Å²) >= 11 is 1.10. The molecular formula is C17H11FNO3S-. The predicted octanol–water partition coefficient (Wildman–Crippen LogP) is 2.10. The van der Waals surface area contributed by atoms with Crippen LogP contribution in [0, 0.1) is 5.82 Å². The number of rotatable bonds is 3. The number of hydrogen-bond acceptors (Lipinski definition) is 4. The summed E-state index contributed by atoms with van der Waals surface area (Å²) in [6, 6.07) is 13.0. The standard InChI is InChI=1S/C17H12FNO3S/c18-12-7-5-11(6-8-12)10-19-13-3-1-2-4-14(13)23-15(17(19)22)9-16(20)21/h1-9H,10H2,(H,20,21)/p-1. The summed E-state index contributed by atoms with van der Waals surface area (Å²) in [5.74, 6) is -2.18. The number of hydrogen-bond donors (Lipinski definition) is 0. The van der Waals surface area contributed by atoms with Gasteiger partial charge in [-0.2, -0.15) is 0 Å². The fourth-order valence-corrected chi connectivity index (χ4v) is 3.32. The van der Waals surface area contributed by atoms with Crippen LogP contribution < -0.4 is 10.0 Å². The van der Waals surface area contributed by atoms with Gasteiger partial charge in [-0.1, -0.05) is 36.0 Å². The molecule has 4 nitrogen and oxygen atoms in total. The lowest BCUT2D eigenvalue weighted by molar-refractivity contribution is -0.297. The molecular weight excluding hydrogens is 317 g/mol. The van der Waals surface area contributed by atoms with E-state index in [0.717, 1.165) is 28.3 Å². The lowest BCUT2D eigenvalue weighted by atomic mass is 10.1. The summed E-state index contributed by atoms with van der Waals surface area (Å²) in [7, 11) is 0. The van der Waals surface area contributed by atoms with Gasteiger partial charge >= 0.3 is 0 Å². The van der Waals surface area contributed by atoms with Crippen LogP contribution in [0.1, 0.15) is 5.56 Å². The average molecular weight is 328 g/mol. The smallest absolute Gasteiger partial charge is 0.265 e. The molecule has 0 aromatic heterocycles. The third kappa shape index (κ3) is 3.27. The highest BCUT2D eigenvalue weighted by molar-refractivity contribution is 8.04. The second kappa shape index (κ2) is 6.26. The highest BCUT2D eigenvalue weighted by Gasteiger charge is 2.28. The van der Waals surface area contributed by atoms with E-state index < -0.39 is 11.9 Å². The van der Waals surface area contributed by atoms with Crippen LogP contribution >= 0.6 is 11.8 Å². The van der Waals surface area contributed by atoms with Gasteiger partial charge in [0.1, 0.15) is 5.82 Å². The molecule has 1 aliphatic rings. The van der Waals surface area contributed by atoms with Crippen molar-refractivity contribution in [3.8, 4) is 0 Å². The van der Waals surface area contributed by atoms with E-state index >= 15 is 0 Å². The minimum Gasteiger partial charge on any atom is -0.545 e. The van der Waals surface area contributed by atoms with E-state index in [2.05, 4.69) is 0 Å². The lowest BCUT2D eigenvalue weighted by Gasteiger charge is -2.30. The normalized spacial score (nSPS) is 15.6. The van der Waals surface area contributed by atoms with Gasteiger partial charge in [0.2, 0.25) is 0 Å². The van der Waals surface area contributed by atoms with E-state index in [1.807, 2.05) is 12.1 Å². The molecule has 2 aromatic carbocycles. The van der Waals surface area contributed by atoms with Gasteiger partial charge in [-0.05, 0) is 35.9 Å². The number of amides is 1. The number of carbonyl (C=O) groups excluding carboxylic acids is 2. The Labute approximate surface area is 136 Å². The monoisotopic (exact) mass is 328 g/mol. The zero-order valence-electron chi connectivity index (χ0n) is 11.9. The van der Waals surface area contributed by atoms with Crippen molar-refractivity contribution in [1.29, 1.82) is 0 Å². The highest BCUT2D eigenvalue weighted by atomic mass is 32.2. The largest absolute Gasteiger partial charge is 0.545 e. The minimum absolute atomic E-state index is 0.0887. The minimum atomic E-state index is -1.41. The SMILES string of the molecule is O=C([O-])C=C1Sc2ccccc2N(Cc2ccc(F)cc2)C1=O.